The first-order valence-electron chi connectivity index (χ1n) is 9.44. The maximum Gasteiger partial charge on any atom is 0.196 e. The van der Waals surface area contributed by atoms with Gasteiger partial charge < -0.3 is 14.5 Å². The topological polar surface area (TPSA) is 63.4 Å². The highest BCUT2D eigenvalue weighted by Gasteiger charge is 2.21. The fraction of sp³-hybridized carbons (Fsp3) is 0.500. The first-order chi connectivity index (χ1) is 12.7. The highest BCUT2D eigenvalue weighted by Crippen LogP contribution is 2.30. The van der Waals surface area contributed by atoms with Crippen molar-refractivity contribution in [3.63, 3.8) is 0 Å². The van der Waals surface area contributed by atoms with E-state index in [1.54, 1.807) is 6.33 Å². The molecule has 1 aromatic carbocycles. The van der Waals surface area contributed by atoms with Gasteiger partial charge in [-0.15, -0.1) is 0 Å². The fourth-order valence-electron chi connectivity index (χ4n) is 3.78. The lowest BCUT2D eigenvalue weighted by atomic mass is 10.2. The Morgan fingerprint density at radius 1 is 1.12 bits per heavy atom. The summed E-state index contributed by atoms with van der Waals surface area (Å²) >= 11 is 0. The fourth-order valence-corrected chi connectivity index (χ4v) is 3.78. The average molecular weight is 354 g/mol. The molecule has 0 saturated carbocycles. The number of aromatic nitrogens is 2. The molecule has 3 aromatic rings. The van der Waals surface area contributed by atoms with Gasteiger partial charge in [-0.3, -0.25) is 4.90 Å². The number of nitrogens with one attached hydrogen (secondary N) is 1. The van der Waals surface area contributed by atoms with Crippen molar-refractivity contribution in [2.45, 2.75) is 38.9 Å². The quantitative estimate of drug-likeness (QED) is 0.681. The normalized spacial score (nSPS) is 21.5. The Morgan fingerprint density at radius 3 is 2.77 bits per heavy atom. The van der Waals surface area contributed by atoms with E-state index in [0.29, 0.717) is 12.2 Å². The third-order valence-electron chi connectivity index (χ3n) is 4.85. The Kier molecular flexibility index (Phi) is 5.04. The van der Waals surface area contributed by atoms with Gasteiger partial charge in [0.25, 0.3) is 0 Å². The van der Waals surface area contributed by atoms with Crippen LogP contribution in [0.15, 0.2) is 35.0 Å². The van der Waals surface area contributed by atoms with E-state index in [1.165, 1.54) is 0 Å². The lowest BCUT2D eigenvalue weighted by Crippen LogP contribution is -2.45. The largest absolute Gasteiger partial charge is 0.450 e. The molecule has 4 rings (SSSR count). The van der Waals surface area contributed by atoms with Gasteiger partial charge in [0.2, 0.25) is 0 Å². The number of hydrogen-bond acceptors (Lipinski definition) is 6. The van der Waals surface area contributed by atoms with Crippen molar-refractivity contribution in [3.05, 3.63) is 30.6 Å². The van der Waals surface area contributed by atoms with E-state index in [2.05, 4.69) is 34.0 Å². The summed E-state index contributed by atoms with van der Waals surface area (Å²) in [7, 11) is 0. The second kappa shape index (κ2) is 7.60. The summed E-state index contributed by atoms with van der Waals surface area (Å²) in [6.07, 6.45) is 4.51. The summed E-state index contributed by atoms with van der Waals surface area (Å²) in [6.45, 7) is 8.35. The number of fused-ring (bicyclic) bond motifs is 3. The van der Waals surface area contributed by atoms with Crippen LogP contribution in [0.5, 0.6) is 0 Å². The molecule has 2 atom stereocenters. The highest BCUT2D eigenvalue weighted by atomic mass is 16.5. The number of furan rings is 1. The van der Waals surface area contributed by atoms with Gasteiger partial charge in [-0.05, 0) is 45.4 Å². The Labute approximate surface area is 153 Å². The summed E-state index contributed by atoms with van der Waals surface area (Å²) in [5, 5.41) is 4.45. The van der Waals surface area contributed by atoms with Crippen LogP contribution >= 0.6 is 0 Å². The van der Waals surface area contributed by atoms with Crippen LogP contribution in [0.4, 0.5) is 5.82 Å². The second-order valence-corrected chi connectivity index (χ2v) is 7.15. The highest BCUT2D eigenvalue weighted by molar-refractivity contribution is 6.05. The molecular weight excluding hydrogens is 328 g/mol. The van der Waals surface area contributed by atoms with Gasteiger partial charge in [0.1, 0.15) is 17.4 Å². The zero-order chi connectivity index (χ0) is 17.9. The molecule has 1 saturated heterocycles. The first kappa shape index (κ1) is 17.2. The molecule has 0 aliphatic carbocycles. The lowest BCUT2D eigenvalue weighted by Gasteiger charge is -2.35. The van der Waals surface area contributed by atoms with E-state index in [-0.39, 0.29) is 0 Å². The molecular formula is C20H26N4O2. The predicted molar refractivity (Wildman–Crippen MR) is 103 cm³/mol. The molecule has 138 valence electrons. The molecule has 0 amide bonds. The van der Waals surface area contributed by atoms with E-state index < -0.39 is 0 Å². The smallest absolute Gasteiger partial charge is 0.196 e. The zero-order valence-corrected chi connectivity index (χ0v) is 15.4. The number of hydrogen-bond donors (Lipinski definition) is 1. The van der Waals surface area contributed by atoms with Gasteiger partial charge in [0.15, 0.2) is 11.4 Å². The number of morpholine rings is 1. The average Bonchev–Trinajstić information content (AvgIpc) is 3.00. The van der Waals surface area contributed by atoms with Crippen molar-refractivity contribution in [1.29, 1.82) is 0 Å². The maximum atomic E-state index is 5.95. The van der Waals surface area contributed by atoms with Crippen molar-refractivity contribution in [2.75, 3.05) is 31.5 Å². The van der Waals surface area contributed by atoms with E-state index in [9.17, 15) is 0 Å². The molecule has 0 bridgehead atoms. The van der Waals surface area contributed by atoms with E-state index in [0.717, 1.165) is 66.9 Å². The van der Waals surface area contributed by atoms with Crippen LogP contribution in [0.1, 0.15) is 26.7 Å². The van der Waals surface area contributed by atoms with Crippen LogP contribution < -0.4 is 5.32 Å². The molecule has 3 heterocycles. The van der Waals surface area contributed by atoms with Crippen molar-refractivity contribution in [3.8, 4) is 0 Å². The molecule has 6 nitrogen and oxygen atoms in total. The molecule has 0 spiro atoms. The number of benzene rings is 1. The molecule has 2 unspecified atom stereocenters. The van der Waals surface area contributed by atoms with Crippen LogP contribution in [0.25, 0.3) is 22.1 Å². The van der Waals surface area contributed by atoms with E-state index in [4.69, 9.17) is 9.15 Å². The Balaban J connectivity index is 1.32. The van der Waals surface area contributed by atoms with Gasteiger partial charge in [0, 0.05) is 25.0 Å². The third kappa shape index (κ3) is 3.66. The van der Waals surface area contributed by atoms with Gasteiger partial charge in [-0.1, -0.05) is 12.1 Å². The molecule has 2 aromatic heterocycles. The van der Waals surface area contributed by atoms with Crippen molar-refractivity contribution in [1.82, 2.24) is 14.9 Å². The molecule has 0 radical (unpaired) electrons. The second-order valence-electron chi connectivity index (χ2n) is 7.15. The number of unbranched alkanes of at least 4 members (excludes halogenated alkanes) is 1. The standard InChI is InChI=1S/C20H26N4O2/c1-14-11-24(12-15(2)25-14)10-6-5-9-21-20-19-18(22-13-23-20)16-7-3-4-8-17(16)26-19/h3-4,7-8,13-15H,5-6,9-12H2,1-2H3,(H,21,22,23). The minimum absolute atomic E-state index is 0.333. The van der Waals surface area contributed by atoms with Crippen molar-refractivity contribution >= 4 is 27.9 Å². The summed E-state index contributed by atoms with van der Waals surface area (Å²) in [5.41, 5.74) is 2.46. The first-order valence-corrected chi connectivity index (χ1v) is 9.44. The molecule has 1 aliphatic heterocycles. The summed E-state index contributed by atoms with van der Waals surface area (Å²) in [5.74, 6) is 0.778. The monoisotopic (exact) mass is 354 g/mol. The maximum absolute atomic E-state index is 5.95. The molecule has 1 aliphatic rings. The van der Waals surface area contributed by atoms with E-state index >= 15 is 0 Å². The Morgan fingerprint density at radius 2 is 1.92 bits per heavy atom. The summed E-state index contributed by atoms with van der Waals surface area (Å²) in [4.78, 5) is 11.3. The predicted octanol–water partition coefficient (Wildman–Crippen LogP) is 3.68. The molecule has 26 heavy (non-hydrogen) atoms. The summed E-state index contributed by atoms with van der Waals surface area (Å²) in [6, 6.07) is 7.96. The van der Waals surface area contributed by atoms with Crippen molar-refractivity contribution in [2.24, 2.45) is 0 Å². The molecule has 6 heteroatoms. The number of nitrogens with zero attached hydrogens (tertiary/aromatic N) is 3. The van der Waals surface area contributed by atoms with Crippen LogP contribution in [-0.2, 0) is 4.74 Å². The number of para-hydroxylation sites is 1. The minimum atomic E-state index is 0.333. The lowest BCUT2D eigenvalue weighted by molar-refractivity contribution is -0.0681. The minimum Gasteiger partial charge on any atom is -0.450 e. The third-order valence-corrected chi connectivity index (χ3v) is 4.85. The Hall–Kier alpha value is -2.18. The van der Waals surface area contributed by atoms with Gasteiger partial charge in [-0.2, -0.15) is 0 Å². The van der Waals surface area contributed by atoms with Crippen LogP contribution in [0.3, 0.4) is 0 Å². The zero-order valence-electron chi connectivity index (χ0n) is 15.4. The number of ether oxygens (including phenoxy) is 1. The van der Waals surface area contributed by atoms with Crippen LogP contribution in [-0.4, -0.2) is 53.3 Å². The summed E-state index contributed by atoms with van der Waals surface area (Å²) < 4.78 is 11.7. The van der Waals surface area contributed by atoms with E-state index in [1.807, 2.05) is 24.3 Å². The number of rotatable bonds is 6. The molecule has 1 N–H and O–H groups in total. The van der Waals surface area contributed by atoms with Gasteiger partial charge in [0.05, 0.1) is 12.2 Å². The van der Waals surface area contributed by atoms with Gasteiger partial charge >= 0.3 is 0 Å². The Bertz CT molecular complexity index is 869. The number of anilines is 1. The van der Waals surface area contributed by atoms with Crippen molar-refractivity contribution < 1.29 is 9.15 Å². The SMILES string of the molecule is CC1CN(CCCCNc2ncnc3c2oc2ccccc23)CC(C)O1. The molecule has 1 fully saturated rings. The van der Waals surface area contributed by atoms with Gasteiger partial charge in [-0.25, -0.2) is 9.97 Å². The van der Waals surface area contributed by atoms with Crippen LogP contribution in [0.2, 0.25) is 0 Å². The van der Waals surface area contributed by atoms with Crippen LogP contribution in [0, 0.1) is 0 Å².